The Morgan fingerprint density at radius 3 is 2.48 bits per heavy atom. The van der Waals surface area contributed by atoms with E-state index in [9.17, 15) is 17.6 Å². The molecule has 2 aromatic carbocycles. The lowest BCUT2D eigenvalue weighted by Crippen LogP contribution is -2.52. The molecule has 2 aromatic rings. The number of carbonyl (C=O) groups is 1. The number of benzene rings is 2. The van der Waals surface area contributed by atoms with E-state index in [1.165, 1.54) is 30.3 Å². The number of piperidine rings is 1. The third-order valence-electron chi connectivity index (χ3n) is 5.71. The summed E-state index contributed by atoms with van der Waals surface area (Å²) in [6.45, 7) is 1.14. The van der Waals surface area contributed by atoms with E-state index in [1.807, 2.05) is 4.90 Å². The summed E-state index contributed by atoms with van der Waals surface area (Å²) in [6.07, 6.45) is 2.12. The highest BCUT2D eigenvalue weighted by Crippen LogP contribution is 2.47. The van der Waals surface area contributed by atoms with Crippen molar-refractivity contribution in [2.45, 2.75) is 41.4 Å². The van der Waals surface area contributed by atoms with Crippen molar-refractivity contribution in [3.8, 4) is 0 Å². The average Bonchev–Trinajstić information content (AvgIpc) is 3.52. The van der Waals surface area contributed by atoms with Crippen LogP contribution in [0.4, 0.5) is 10.1 Å². The molecule has 0 aromatic heterocycles. The van der Waals surface area contributed by atoms with Crippen molar-refractivity contribution < 1.29 is 17.6 Å². The van der Waals surface area contributed by atoms with E-state index in [0.29, 0.717) is 36.6 Å². The van der Waals surface area contributed by atoms with Gasteiger partial charge in [0.2, 0.25) is 5.91 Å². The maximum atomic E-state index is 14.1. The largest absolute Gasteiger partial charge is 0.367 e. The summed E-state index contributed by atoms with van der Waals surface area (Å²) in [7, 11) is -3.81. The Labute approximate surface area is 174 Å². The molecule has 1 aliphatic heterocycles. The Kier molecular flexibility index (Phi) is 5.29. The predicted octanol–water partition coefficient (Wildman–Crippen LogP) is 3.57. The van der Waals surface area contributed by atoms with Crippen LogP contribution >= 0.6 is 11.6 Å². The maximum Gasteiger partial charge on any atom is 0.242 e. The lowest BCUT2D eigenvalue weighted by atomic mass is 10.0. The third kappa shape index (κ3) is 3.73. The molecule has 1 saturated carbocycles. The molecule has 1 heterocycles. The van der Waals surface area contributed by atoms with Gasteiger partial charge in [0.15, 0.2) is 14.6 Å². The number of sulfone groups is 1. The van der Waals surface area contributed by atoms with Gasteiger partial charge >= 0.3 is 0 Å². The molecule has 1 atom stereocenters. The highest BCUT2D eigenvalue weighted by atomic mass is 35.5. The first-order chi connectivity index (χ1) is 13.8. The Hall–Kier alpha value is -2.12. The molecule has 8 heteroatoms. The van der Waals surface area contributed by atoms with Gasteiger partial charge in [-0.2, -0.15) is 0 Å². The summed E-state index contributed by atoms with van der Waals surface area (Å²) in [5.74, 6) is -0.767. The van der Waals surface area contributed by atoms with Gasteiger partial charge in [-0.25, -0.2) is 12.8 Å². The van der Waals surface area contributed by atoms with Gasteiger partial charge in [0.1, 0.15) is 5.82 Å². The van der Waals surface area contributed by atoms with Gasteiger partial charge in [-0.1, -0.05) is 23.7 Å². The van der Waals surface area contributed by atoms with Crippen LogP contribution < -0.4 is 10.2 Å². The summed E-state index contributed by atoms with van der Waals surface area (Å²) >= 11 is 5.85. The molecule has 29 heavy (non-hydrogen) atoms. The van der Waals surface area contributed by atoms with Crippen LogP contribution in [0.5, 0.6) is 0 Å². The Bertz CT molecular complexity index is 1020. The average molecular weight is 437 g/mol. The van der Waals surface area contributed by atoms with Crippen LogP contribution in [0.1, 0.15) is 25.7 Å². The molecule has 0 radical (unpaired) electrons. The van der Waals surface area contributed by atoms with Crippen molar-refractivity contribution in [1.82, 2.24) is 5.32 Å². The fourth-order valence-electron chi connectivity index (χ4n) is 3.91. The molecule has 5 nitrogen and oxygen atoms in total. The van der Waals surface area contributed by atoms with Crippen molar-refractivity contribution in [3.63, 3.8) is 0 Å². The van der Waals surface area contributed by atoms with Crippen molar-refractivity contribution in [3.05, 3.63) is 59.4 Å². The molecule has 154 valence electrons. The second kappa shape index (κ2) is 7.61. The minimum absolute atomic E-state index is 0.103. The third-order valence-corrected chi connectivity index (χ3v) is 8.47. The first kappa shape index (κ1) is 20.2. The number of halogens is 2. The van der Waals surface area contributed by atoms with Crippen LogP contribution in [0.3, 0.4) is 0 Å². The predicted molar refractivity (Wildman–Crippen MR) is 110 cm³/mol. The van der Waals surface area contributed by atoms with Crippen LogP contribution in [0.15, 0.2) is 53.4 Å². The molecule has 1 saturated heterocycles. The fourth-order valence-corrected chi connectivity index (χ4v) is 5.92. The highest BCUT2D eigenvalue weighted by molar-refractivity contribution is 7.94. The number of hydrogen-bond acceptors (Lipinski definition) is 4. The minimum Gasteiger partial charge on any atom is -0.367 e. The van der Waals surface area contributed by atoms with Gasteiger partial charge in [-0.15, -0.1) is 0 Å². The Morgan fingerprint density at radius 2 is 1.83 bits per heavy atom. The standard InChI is InChI=1S/C21H22ClFN2O3S/c22-15-7-9-17(10-8-15)29(27,28)21(11-12-21)20(26)24-16-4-3-13-25(14-16)19-6-2-1-5-18(19)23/h1-2,5-10,16H,3-4,11-14H2,(H,24,26). The molecule has 1 unspecified atom stereocenters. The molecule has 1 aliphatic carbocycles. The summed E-state index contributed by atoms with van der Waals surface area (Å²) in [5, 5.41) is 3.36. The number of amides is 1. The van der Waals surface area contributed by atoms with Crippen LogP contribution in [-0.4, -0.2) is 38.2 Å². The molecular weight excluding hydrogens is 415 g/mol. The van der Waals surface area contributed by atoms with E-state index in [0.717, 1.165) is 12.8 Å². The second-order valence-corrected chi connectivity index (χ2v) is 10.4. The second-order valence-electron chi connectivity index (χ2n) is 7.66. The first-order valence-corrected chi connectivity index (χ1v) is 11.5. The molecule has 0 bridgehead atoms. The lowest BCUT2D eigenvalue weighted by molar-refractivity contribution is -0.122. The van der Waals surface area contributed by atoms with E-state index in [2.05, 4.69) is 5.32 Å². The zero-order chi connectivity index (χ0) is 20.6. The number of para-hydroxylation sites is 1. The molecule has 1 N–H and O–H groups in total. The first-order valence-electron chi connectivity index (χ1n) is 9.64. The van der Waals surface area contributed by atoms with Crippen molar-refractivity contribution in [2.24, 2.45) is 0 Å². The van der Waals surface area contributed by atoms with Crippen molar-refractivity contribution in [2.75, 3.05) is 18.0 Å². The topological polar surface area (TPSA) is 66.5 Å². The quantitative estimate of drug-likeness (QED) is 0.778. The Balaban J connectivity index is 1.49. The highest BCUT2D eigenvalue weighted by Gasteiger charge is 2.61. The number of carbonyl (C=O) groups excluding carboxylic acids is 1. The number of anilines is 1. The van der Waals surface area contributed by atoms with Gasteiger partial charge in [0.05, 0.1) is 10.6 Å². The molecule has 2 aliphatic rings. The summed E-state index contributed by atoms with van der Waals surface area (Å²) in [6, 6.07) is 12.2. The van der Waals surface area contributed by atoms with Gasteiger partial charge in [-0.3, -0.25) is 4.79 Å². The van der Waals surface area contributed by atoms with Crippen LogP contribution in [0.25, 0.3) is 0 Å². The summed E-state index contributed by atoms with van der Waals surface area (Å²) in [5.41, 5.74) is 0.501. The summed E-state index contributed by atoms with van der Waals surface area (Å²) < 4.78 is 38.9. The van der Waals surface area contributed by atoms with Crippen molar-refractivity contribution >= 4 is 33.0 Å². The normalized spacial score (nSPS) is 20.9. The fraction of sp³-hybridized carbons (Fsp3) is 0.381. The van der Waals surface area contributed by atoms with E-state index < -0.39 is 20.5 Å². The van der Waals surface area contributed by atoms with Crippen molar-refractivity contribution in [1.29, 1.82) is 0 Å². The molecule has 4 rings (SSSR count). The van der Waals surface area contributed by atoms with E-state index >= 15 is 0 Å². The minimum atomic E-state index is -3.81. The van der Waals surface area contributed by atoms with Crippen LogP contribution in [0.2, 0.25) is 5.02 Å². The number of rotatable bonds is 5. The van der Waals surface area contributed by atoms with Gasteiger partial charge in [0, 0.05) is 24.2 Å². The zero-order valence-electron chi connectivity index (χ0n) is 15.8. The number of hydrogen-bond donors (Lipinski definition) is 1. The van der Waals surface area contributed by atoms with E-state index in [-0.39, 0.29) is 16.8 Å². The van der Waals surface area contributed by atoms with Gasteiger partial charge in [0.25, 0.3) is 0 Å². The zero-order valence-corrected chi connectivity index (χ0v) is 17.3. The number of nitrogens with zero attached hydrogens (tertiary/aromatic N) is 1. The molecule has 1 amide bonds. The summed E-state index contributed by atoms with van der Waals surface area (Å²) in [4.78, 5) is 15.0. The lowest BCUT2D eigenvalue weighted by Gasteiger charge is -2.35. The van der Waals surface area contributed by atoms with Crippen LogP contribution in [-0.2, 0) is 14.6 Å². The monoisotopic (exact) mass is 436 g/mol. The molecule has 2 fully saturated rings. The van der Waals surface area contributed by atoms with E-state index in [4.69, 9.17) is 11.6 Å². The molecular formula is C21H22ClFN2O3S. The number of nitrogens with one attached hydrogen (secondary N) is 1. The SMILES string of the molecule is O=C(NC1CCCN(c2ccccc2F)C1)C1(S(=O)(=O)c2ccc(Cl)cc2)CC1. The molecule has 0 spiro atoms. The van der Waals surface area contributed by atoms with E-state index in [1.54, 1.807) is 18.2 Å². The van der Waals surface area contributed by atoms with Gasteiger partial charge in [-0.05, 0) is 62.1 Å². The maximum absolute atomic E-state index is 14.1. The Morgan fingerprint density at radius 1 is 1.14 bits per heavy atom. The van der Waals surface area contributed by atoms with Crippen LogP contribution in [0, 0.1) is 5.82 Å². The van der Waals surface area contributed by atoms with Gasteiger partial charge < -0.3 is 10.2 Å². The smallest absolute Gasteiger partial charge is 0.242 e.